The molecule has 1 nitrogen and oxygen atoms in total. The summed E-state index contributed by atoms with van der Waals surface area (Å²) in [4.78, 5) is 11.0. The lowest BCUT2D eigenvalue weighted by Crippen LogP contribution is -2.11. The maximum Gasteiger partial charge on any atom is 0.136 e. The molecule has 0 saturated heterocycles. The highest BCUT2D eigenvalue weighted by Crippen LogP contribution is 2.24. The van der Waals surface area contributed by atoms with Crippen LogP contribution in [0.15, 0.2) is 11.6 Å². The molecule has 62 valence electrons. The average molecular weight is 152 g/mol. The fourth-order valence-corrected chi connectivity index (χ4v) is 1.52. The molecule has 1 aliphatic carbocycles. The molecule has 0 amide bonds. The van der Waals surface area contributed by atoms with E-state index in [9.17, 15) is 4.79 Å². The quantitative estimate of drug-likeness (QED) is 0.556. The van der Waals surface area contributed by atoms with Gasteiger partial charge in [0.15, 0.2) is 0 Å². The SMILES string of the molecule is CC(=O)C(C)C1=CCCCC1. The van der Waals surface area contributed by atoms with Crippen LogP contribution in [0.1, 0.15) is 39.5 Å². The van der Waals surface area contributed by atoms with Gasteiger partial charge in [-0.05, 0) is 32.6 Å². The Labute approximate surface area is 68.5 Å². The molecule has 0 heterocycles. The third-order valence-electron chi connectivity index (χ3n) is 2.49. The van der Waals surface area contributed by atoms with Crippen LogP contribution >= 0.6 is 0 Å². The summed E-state index contributed by atoms with van der Waals surface area (Å²) in [6, 6.07) is 0. The van der Waals surface area contributed by atoms with Crippen molar-refractivity contribution in [3.8, 4) is 0 Å². The highest BCUT2D eigenvalue weighted by molar-refractivity contribution is 5.80. The molecular weight excluding hydrogens is 136 g/mol. The van der Waals surface area contributed by atoms with E-state index in [2.05, 4.69) is 6.08 Å². The van der Waals surface area contributed by atoms with E-state index in [0.717, 1.165) is 6.42 Å². The summed E-state index contributed by atoms with van der Waals surface area (Å²) >= 11 is 0. The first-order valence-corrected chi connectivity index (χ1v) is 4.41. The Kier molecular flexibility index (Phi) is 2.86. The largest absolute Gasteiger partial charge is 0.299 e. The Hall–Kier alpha value is -0.590. The molecular formula is C10H16O. The van der Waals surface area contributed by atoms with Gasteiger partial charge in [0.05, 0.1) is 0 Å². The van der Waals surface area contributed by atoms with Crippen molar-refractivity contribution >= 4 is 5.78 Å². The van der Waals surface area contributed by atoms with E-state index in [4.69, 9.17) is 0 Å². The Morgan fingerprint density at radius 3 is 2.73 bits per heavy atom. The zero-order chi connectivity index (χ0) is 8.27. The van der Waals surface area contributed by atoms with E-state index in [1.54, 1.807) is 6.92 Å². The zero-order valence-corrected chi connectivity index (χ0v) is 7.39. The Morgan fingerprint density at radius 1 is 1.55 bits per heavy atom. The van der Waals surface area contributed by atoms with Crippen molar-refractivity contribution in [3.63, 3.8) is 0 Å². The lowest BCUT2D eigenvalue weighted by Gasteiger charge is -2.16. The van der Waals surface area contributed by atoms with Gasteiger partial charge in [-0.3, -0.25) is 4.79 Å². The van der Waals surface area contributed by atoms with E-state index >= 15 is 0 Å². The van der Waals surface area contributed by atoms with Crippen LogP contribution in [-0.4, -0.2) is 5.78 Å². The van der Waals surface area contributed by atoms with Gasteiger partial charge < -0.3 is 0 Å². The Morgan fingerprint density at radius 2 is 2.27 bits per heavy atom. The molecule has 0 fully saturated rings. The summed E-state index contributed by atoms with van der Waals surface area (Å²) in [5, 5.41) is 0. The lowest BCUT2D eigenvalue weighted by molar-refractivity contribution is -0.119. The van der Waals surface area contributed by atoms with Gasteiger partial charge in [0.25, 0.3) is 0 Å². The maximum absolute atomic E-state index is 11.0. The molecule has 11 heavy (non-hydrogen) atoms. The summed E-state index contributed by atoms with van der Waals surface area (Å²) in [7, 11) is 0. The molecule has 0 radical (unpaired) electrons. The van der Waals surface area contributed by atoms with Gasteiger partial charge in [-0.1, -0.05) is 18.6 Å². The molecule has 1 rings (SSSR count). The van der Waals surface area contributed by atoms with Crippen molar-refractivity contribution in [1.29, 1.82) is 0 Å². The van der Waals surface area contributed by atoms with Crippen LogP contribution in [0, 0.1) is 5.92 Å². The number of hydrogen-bond acceptors (Lipinski definition) is 1. The molecule has 0 aliphatic heterocycles. The second kappa shape index (κ2) is 3.70. The normalized spacial score (nSPS) is 20.7. The van der Waals surface area contributed by atoms with Crippen molar-refractivity contribution in [2.24, 2.45) is 5.92 Å². The third-order valence-corrected chi connectivity index (χ3v) is 2.49. The van der Waals surface area contributed by atoms with Crippen LogP contribution in [0.3, 0.4) is 0 Å². The number of allylic oxidation sites excluding steroid dienone is 2. The van der Waals surface area contributed by atoms with E-state index in [0.29, 0.717) is 5.78 Å². The van der Waals surface area contributed by atoms with Crippen LogP contribution in [0.25, 0.3) is 0 Å². The van der Waals surface area contributed by atoms with Gasteiger partial charge in [-0.25, -0.2) is 0 Å². The minimum Gasteiger partial charge on any atom is -0.299 e. The standard InChI is InChI=1S/C10H16O/c1-8(9(2)11)10-6-4-3-5-7-10/h6,8H,3-5,7H2,1-2H3. The minimum atomic E-state index is 0.176. The first kappa shape index (κ1) is 8.51. The van der Waals surface area contributed by atoms with E-state index in [-0.39, 0.29) is 5.92 Å². The summed E-state index contributed by atoms with van der Waals surface area (Å²) in [5.41, 5.74) is 1.36. The molecule has 0 N–H and O–H groups in total. The highest BCUT2D eigenvalue weighted by atomic mass is 16.1. The minimum absolute atomic E-state index is 0.176. The van der Waals surface area contributed by atoms with Gasteiger partial charge in [-0.2, -0.15) is 0 Å². The topological polar surface area (TPSA) is 17.1 Å². The molecule has 1 heteroatoms. The molecule has 1 unspecified atom stereocenters. The summed E-state index contributed by atoms with van der Waals surface area (Å²) < 4.78 is 0. The summed E-state index contributed by atoms with van der Waals surface area (Å²) in [6.45, 7) is 3.69. The Bertz CT molecular complexity index is 179. The van der Waals surface area contributed by atoms with Crippen molar-refractivity contribution < 1.29 is 4.79 Å². The molecule has 0 bridgehead atoms. The number of hydrogen-bond donors (Lipinski definition) is 0. The number of Topliss-reactive ketones (excluding diaryl/α,β-unsaturated/α-hetero) is 1. The Balaban J connectivity index is 2.58. The molecule has 1 atom stereocenters. The van der Waals surface area contributed by atoms with Crippen LogP contribution in [0.4, 0.5) is 0 Å². The first-order valence-electron chi connectivity index (χ1n) is 4.41. The van der Waals surface area contributed by atoms with Gasteiger partial charge >= 0.3 is 0 Å². The maximum atomic E-state index is 11.0. The summed E-state index contributed by atoms with van der Waals surface area (Å²) in [6.07, 6.45) is 7.13. The van der Waals surface area contributed by atoms with E-state index in [1.807, 2.05) is 6.92 Å². The molecule has 0 aromatic heterocycles. The fourth-order valence-electron chi connectivity index (χ4n) is 1.52. The van der Waals surface area contributed by atoms with Crippen LogP contribution in [0.5, 0.6) is 0 Å². The number of carbonyl (C=O) groups is 1. The average Bonchev–Trinajstić information content (AvgIpc) is 2.05. The van der Waals surface area contributed by atoms with Crippen molar-refractivity contribution in [1.82, 2.24) is 0 Å². The van der Waals surface area contributed by atoms with Gasteiger partial charge in [0.1, 0.15) is 5.78 Å². The molecule has 0 saturated carbocycles. The second-order valence-electron chi connectivity index (χ2n) is 3.36. The van der Waals surface area contributed by atoms with Crippen LogP contribution < -0.4 is 0 Å². The van der Waals surface area contributed by atoms with E-state index < -0.39 is 0 Å². The van der Waals surface area contributed by atoms with E-state index in [1.165, 1.54) is 24.8 Å². The highest BCUT2D eigenvalue weighted by Gasteiger charge is 2.14. The van der Waals surface area contributed by atoms with Crippen LogP contribution in [-0.2, 0) is 4.79 Å². The zero-order valence-electron chi connectivity index (χ0n) is 7.39. The number of ketones is 1. The molecule has 0 aromatic carbocycles. The lowest BCUT2D eigenvalue weighted by atomic mass is 9.88. The molecule has 0 spiro atoms. The van der Waals surface area contributed by atoms with Crippen molar-refractivity contribution in [2.45, 2.75) is 39.5 Å². The fraction of sp³-hybridized carbons (Fsp3) is 0.700. The number of carbonyl (C=O) groups excluding carboxylic acids is 1. The molecule has 0 aromatic rings. The van der Waals surface area contributed by atoms with Crippen molar-refractivity contribution in [2.75, 3.05) is 0 Å². The predicted octanol–water partition coefficient (Wildman–Crippen LogP) is 2.71. The van der Waals surface area contributed by atoms with Crippen LogP contribution in [0.2, 0.25) is 0 Å². The monoisotopic (exact) mass is 152 g/mol. The predicted molar refractivity (Wildman–Crippen MR) is 46.4 cm³/mol. The number of rotatable bonds is 2. The first-order chi connectivity index (χ1) is 5.22. The van der Waals surface area contributed by atoms with Gasteiger partial charge in [-0.15, -0.1) is 0 Å². The van der Waals surface area contributed by atoms with Crippen molar-refractivity contribution in [3.05, 3.63) is 11.6 Å². The third kappa shape index (κ3) is 2.18. The second-order valence-corrected chi connectivity index (χ2v) is 3.36. The smallest absolute Gasteiger partial charge is 0.136 e. The van der Waals surface area contributed by atoms with Gasteiger partial charge in [0, 0.05) is 5.92 Å². The van der Waals surface area contributed by atoms with Gasteiger partial charge in [0.2, 0.25) is 0 Å². The molecule has 1 aliphatic rings. The summed E-state index contributed by atoms with van der Waals surface area (Å²) in [5.74, 6) is 0.480.